The molecule has 0 unspecified atom stereocenters. The van der Waals surface area contributed by atoms with E-state index in [4.69, 9.17) is 0 Å². The van der Waals surface area contributed by atoms with Gasteiger partial charge in [-0.2, -0.15) is 4.58 Å². The van der Waals surface area contributed by atoms with Crippen LogP contribution in [-0.2, 0) is 15.3 Å². The molecule has 5 heteroatoms. The quantitative estimate of drug-likeness (QED) is 0.367. The van der Waals surface area contributed by atoms with Crippen LogP contribution < -0.4 is 24.0 Å². The number of sulfone groups is 1. The second kappa shape index (κ2) is 9.09. The third kappa shape index (κ3) is 4.26. The van der Waals surface area contributed by atoms with Crippen molar-refractivity contribution in [1.29, 1.82) is 0 Å². The van der Waals surface area contributed by atoms with E-state index in [0.717, 1.165) is 29.1 Å². The van der Waals surface area contributed by atoms with Gasteiger partial charge in [0.25, 0.3) is 0 Å². The molecule has 160 valence electrons. The van der Waals surface area contributed by atoms with Crippen molar-refractivity contribution in [1.82, 2.24) is 0 Å². The molecule has 31 heavy (non-hydrogen) atoms. The summed E-state index contributed by atoms with van der Waals surface area (Å²) in [5, 5.41) is 0. The fraction of sp³-hybridized carbons (Fsp3) is 0.192. The van der Waals surface area contributed by atoms with Crippen LogP contribution in [0.4, 0.5) is 5.69 Å². The van der Waals surface area contributed by atoms with E-state index in [-0.39, 0.29) is 29.4 Å². The lowest BCUT2D eigenvalue weighted by Gasteiger charge is -2.16. The highest BCUT2D eigenvalue weighted by atomic mass is 127. The Kier molecular flexibility index (Phi) is 6.86. The van der Waals surface area contributed by atoms with Gasteiger partial charge in [-0.25, -0.2) is 8.42 Å². The number of hydrogen-bond acceptors (Lipinski definition) is 2. The van der Waals surface area contributed by atoms with E-state index in [9.17, 15) is 8.42 Å². The maximum atomic E-state index is 13.2. The summed E-state index contributed by atoms with van der Waals surface area (Å²) in [5.41, 5.74) is 4.10. The molecular formula is C26H26INO2S. The highest BCUT2D eigenvalue weighted by molar-refractivity contribution is 7.91. The molecule has 3 nitrogen and oxygen atoms in total. The summed E-state index contributed by atoms with van der Waals surface area (Å²) in [6.45, 7) is 7.25. The van der Waals surface area contributed by atoms with E-state index in [1.165, 1.54) is 0 Å². The van der Waals surface area contributed by atoms with Crippen molar-refractivity contribution >= 4 is 27.3 Å². The zero-order valence-corrected chi connectivity index (χ0v) is 20.9. The smallest absolute Gasteiger partial charge is 0.209 e. The van der Waals surface area contributed by atoms with Crippen molar-refractivity contribution in [2.24, 2.45) is 0 Å². The Labute approximate surface area is 202 Å². The van der Waals surface area contributed by atoms with E-state index in [2.05, 4.69) is 49.6 Å². The molecule has 3 aromatic carbocycles. The van der Waals surface area contributed by atoms with Gasteiger partial charge < -0.3 is 24.0 Å². The van der Waals surface area contributed by atoms with Crippen molar-refractivity contribution in [3.05, 3.63) is 96.1 Å². The van der Waals surface area contributed by atoms with Gasteiger partial charge in [-0.05, 0) is 56.7 Å². The summed E-state index contributed by atoms with van der Waals surface area (Å²) >= 11 is 0. The molecule has 0 atom stereocenters. The van der Waals surface area contributed by atoms with Gasteiger partial charge in [0.2, 0.25) is 15.5 Å². The first-order valence-corrected chi connectivity index (χ1v) is 11.7. The Morgan fingerprint density at radius 1 is 0.839 bits per heavy atom. The van der Waals surface area contributed by atoms with Crippen LogP contribution in [0, 0.1) is 0 Å². The van der Waals surface area contributed by atoms with Crippen LogP contribution in [0.25, 0.3) is 6.08 Å². The summed E-state index contributed by atoms with van der Waals surface area (Å²) in [7, 11) is -3.55. The van der Waals surface area contributed by atoms with Crippen molar-refractivity contribution in [2.75, 3.05) is 6.54 Å². The van der Waals surface area contributed by atoms with Gasteiger partial charge in [0, 0.05) is 17.7 Å². The van der Waals surface area contributed by atoms with Crippen LogP contribution in [0.1, 0.15) is 31.9 Å². The molecule has 0 N–H and O–H groups in total. The summed E-state index contributed by atoms with van der Waals surface area (Å²) in [6, 6.07) is 24.4. The maximum Gasteiger partial charge on any atom is 0.209 e. The molecule has 0 aliphatic carbocycles. The lowest BCUT2D eigenvalue weighted by Crippen LogP contribution is -3.00. The summed E-state index contributed by atoms with van der Waals surface area (Å²) in [6.07, 6.45) is 4.28. The van der Waals surface area contributed by atoms with Crippen LogP contribution in [0.5, 0.6) is 0 Å². The van der Waals surface area contributed by atoms with Crippen molar-refractivity contribution in [2.45, 2.75) is 36.0 Å². The molecule has 0 fully saturated rings. The molecule has 4 rings (SSSR count). The lowest BCUT2D eigenvalue weighted by atomic mass is 9.81. The molecule has 3 aromatic rings. The highest BCUT2D eigenvalue weighted by Crippen LogP contribution is 2.41. The first kappa shape index (κ1) is 23.4. The topological polar surface area (TPSA) is 37.1 Å². The molecule has 0 saturated heterocycles. The molecule has 0 saturated carbocycles. The first-order chi connectivity index (χ1) is 14.4. The second-order valence-electron chi connectivity index (χ2n) is 7.99. The number of benzene rings is 3. The largest absolute Gasteiger partial charge is 1.00 e. The third-order valence-electron chi connectivity index (χ3n) is 5.78. The Bertz CT molecular complexity index is 1250. The zero-order valence-electron chi connectivity index (χ0n) is 17.9. The maximum absolute atomic E-state index is 13.2. The van der Waals surface area contributed by atoms with Crippen LogP contribution in [0.3, 0.4) is 0 Å². The first-order valence-electron chi connectivity index (χ1n) is 10.2. The minimum atomic E-state index is -3.55. The van der Waals surface area contributed by atoms with Gasteiger partial charge in [0.1, 0.15) is 6.54 Å². The Hall–Kier alpha value is -2.25. The molecule has 0 bridgehead atoms. The third-order valence-corrected chi connectivity index (χ3v) is 7.54. The lowest BCUT2D eigenvalue weighted by molar-refractivity contribution is -0.433. The number of allylic oxidation sites excluding steroid dienone is 1. The predicted molar refractivity (Wildman–Crippen MR) is 122 cm³/mol. The number of nitrogens with zero attached hydrogens (tertiary/aromatic N) is 1. The van der Waals surface area contributed by atoms with Gasteiger partial charge in [-0.1, -0.05) is 48.5 Å². The molecular weight excluding hydrogens is 517 g/mol. The van der Waals surface area contributed by atoms with Crippen LogP contribution in [-0.4, -0.2) is 25.2 Å². The van der Waals surface area contributed by atoms with Crippen molar-refractivity contribution in [3.8, 4) is 0 Å². The Morgan fingerprint density at radius 3 is 2.06 bits per heavy atom. The molecule has 1 aliphatic rings. The molecule has 1 heterocycles. The molecule has 0 aromatic heterocycles. The van der Waals surface area contributed by atoms with Crippen LogP contribution in [0.2, 0.25) is 0 Å². The fourth-order valence-electron chi connectivity index (χ4n) is 4.14. The van der Waals surface area contributed by atoms with E-state index >= 15 is 0 Å². The summed E-state index contributed by atoms with van der Waals surface area (Å²) < 4.78 is 28.6. The van der Waals surface area contributed by atoms with Gasteiger partial charge in [0.05, 0.1) is 15.2 Å². The second-order valence-corrected chi connectivity index (χ2v) is 9.94. The normalized spacial score (nSPS) is 15.1. The molecule has 1 aliphatic heterocycles. The van der Waals surface area contributed by atoms with E-state index in [1.54, 1.807) is 30.3 Å². The van der Waals surface area contributed by atoms with Crippen LogP contribution >= 0.6 is 0 Å². The average molecular weight is 543 g/mol. The minimum absolute atomic E-state index is 0. The van der Waals surface area contributed by atoms with E-state index in [0.29, 0.717) is 9.79 Å². The van der Waals surface area contributed by atoms with Crippen LogP contribution in [0.15, 0.2) is 94.7 Å². The highest BCUT2D eigenvalue weighted by Gasteiger charge is 2.44. The zero-order chi connectivity index (χ0) is 21.4. The van der Waals surface area contributed by atoms with Crippen molar-refractivity contribution < 1.29 is 37.0 Å². The van der Waals surface area contributed by atoms with Gasteiger partial charge in [0.15, 0.2) is 5.71 Å². The van der Waals surface area contributed by atoms with Crippen molar-refractivity contribution in [3.63, 3.8) is 0 Å². The SMILES string of the molecule is CC[N+]1=C(C=Cc2ccccc2)C(C)(C)c2cc(S(=O)(=O)c3ccccc3)ccc21.[I-]. The summed E-state index contributed by atoms with van der Waals surface area (Å²) in [5.74, 6) is 0. The Balaban J connectivity index is 0.00000272. The standard InChI is InChI=1S/C26H26NO2S.HI/c1-4-27-24-17-16-22(30(28,29)21-13-9-6-10-14-21)19-23(24)26(2,3)25(27)18-15-20-11-7-5-8-12-20;/h5-19H,4H2,1-3H3;1H/q+1;/p-1. The number of rotatable bonds is 5. The Morgan fingerprint density at radius 2 is 1.45 bits per heavy atom. The number of hydrogen-bond donors (Lipinski definition) is 0. The van der Waals surface area contributed by atoms with Gasteiger partial charge in [-0.3, -0.25) is 0 Å². The van der Waals surface area contributed by atoms with E-state index in [1.807, 2.05) is 36.4 Å². The monoisotopic (exact) mass is 543 g/mol. The molecule has 0 amide bonds. The predicted octanol–water partition coefficient (Wildman–Crippen LogP) is 2.63. The van der Waals surface area contributed by atoms with Gasteiger partial charge in [-0.15, -0.1) is 0 Å². The number of fused-ring (bicyclic) bond motifs is 1. The molecule has 0 spiro atoms. The van der Waals surface area contributed by atoms with E-state index < -0.39 is 9.84 Å². The minimum Gasteiger partial charge on any atom is -1.00 e. The molecule has 0 radical (unpaired) electrons. The van der Waals surface area contributed by atoms with Gasteiger partial charge >= 0.3 is 0 Å². The number of halogens is 1. The average Bonchev–Trinajstić information content (AvgIpc) is 2.99. The fourth-order valence-corrected chi connectivity index (χ4v) is 5.45. The summed E-state index contributed by atoms with van der Waals surface area (Å²) in [4.78, 5) is 0.658.